The molecule has 0 aliphatic rings. The Hall–Kier alpha value is -2.14. The van der Waals surface area contributed by atoms with Crippen molar-refractivity contribution in [2.75, 3.05) is 6.61 Å². The molecule has 0 fully saturated rings. The van der Waals surface area contributed by atoms with Gasteiger partial charge >= 0.3 is 0 Å². The second-order valence-corrected chi connectivity index (χ2v) is 4.63. The highest BCUT2D eigenvalue weighted by Gasteiger charge is 2.13. The summed E-state index contributed by atoms with van der Waals surface area (Å²) >= 11 is 0. The van der Waals surface area contributed by atoms with Crippen LogP contribution in [0.1, 0.15) is 24.7 Å². The van der Waals surface area contributed by atoms with Crippen LogP contribution in [0.4, 0.5) is 0 Å². The van der Waals surface area contributed by atoms with Gasteiger partial charge in [-0.05, 0) is 18.9 Å². The Balaban J connectivity index is 2.34. The van der Waals surface area contributed by atoms with Gasteiger partial charge in [0.1, 0.15) is 18.0 Å². The molecule has 0 unspecified atom stereocenters. The minimum atomic E-state index is -0.363. The van der Waals surface area contributed by atoms with Crippen LogP contribution in [0.25, 0.3) is 11.1 Å². The molecule has 5 heteroatoms. The predicted octanol–water partition coefficient (Wildman–Crippen LogP) is 2.38. The lowest BCUT2D eigenvalue weighted by molar-refractivity contribution is 0.115. The van der Waals surface area contributed by atoms with Gasteiger partial charge in [-0.2, -0.15) is 4.98 Å². The van der Waals surface area contributed by atoms with Gasteiger partial charge in [0.25, 0.3) is 5.56 Å². The van der Waals surface area contributed by atoms with E-state index in [4.69, 9.17) is 4.74 Å². The van der Waals surface area contributed by atoms with E-state index in [0.717, 1.165) is 12.0 Å². The van der Waals surface area contributed by atoms with Crippen molar-refractivity contribution in [3.63, 3.8) is 0 Å². The van der Waals surface area contributed by atoms with Crippen molar-refractivity contribution >= 4 is 0 Å². The van der Waals surface area contributed by atoms with Crippen LogP contribution in [0, 0.1) is 6.92 Å². The van der Waals surface area contributed by atoms with E-state index >= 15 is 0 Å². The molecule has 1 aromatic heterocycles. The third-order valence-electron chi connectivity index (χ3n) is 2.84. The summed E-state index contributed by atoms with van der Waals surface area (Å²) in [5, 5.41) is 9.99. The molecule has 0 amide bonds. The van der Waals surface area contributed by atoms with Gasteiger partial charge in [0.2, 0.25) is 5.88 Å². The molecule has 0 saturated heterocycles. The van der Waals surface area contributed by atoms with E-state index in [0.29, 0.717) is 18.0 Å². The molecule has 0 radical (unpaired) electrons. The first-order chi connectivity index (χ1) is 9.61. The number of aromatic hydroxyl groups is 1. The first-order valence-corrected chi connectivity index (χ1v) is 6.58. The zero-order valence-electron chi connectivity index (χ0n) is 11.6. The van der Waals surface area contributed by atoms with Gasteiger partial charge in [0.05, 0.1) is 0 Å². The van der Waals surface area contributed by atoms with Gasteiger partial charge in [0.15, 0.2) is 0 Å². The topological polar surface area (TPSA) is 75.2 Å². The smallest absolute Gasteiger partial charge is 0.262 e. The number of rotatable bonds is 5. The van der Waals surface area contributed by atoms with Crippen molar-refractivity contribution in [3.8, 4) is 17.0 Å². The van der Waals surface area contributed by atoms with Crippen molar-refractivity contribution in [3.05, 3.63) is 46.0 Å². The Labute approximate surface area is 117 Å². The predicted molar refractivity (Wildman–Crippen MR) is 76.6 cm³/mol. The van der Waals surface area contributed by atoms with Crippen molar-refractivity contribution in [1.82, 2.24) is 9.97 Å². The second kappa shape index (κ2) is 6.34. The van der Waals surface area contributed by atoms with Crippen LogP contribution in [-0.2, 0) is 11.3 Å². The van der Waals surface area contributed by atoms with Gasteiger partial charge < -0.3 is 14.8 Å². The van der Waals surface area contributed by atoms with Crippen molar-refractivity contribution in [2.24, 2.45) is 0 Å². The first kappa shape index (κ1) is 14.3. The number of nitrogens with one attached hydrogen (secondary N) is 1. The molecule has 0 aliphatic heterocycles. The fourth-order valence-electron chi connectivity index (χ4n) is 1.95. The van der Waals surface area contributed by atoms with E-state index in [2.05, 4.69) is 9.97 Å². The summed E-state index contributed by atoms with van der Waals surface area (Å²) in [4.78, 5) is 18.7. The van der Waals surface area contributed by atoms with Crippen LogP contribution in [0.5, 0.6) is 5.88 Å². The summed E-state index contributed by atoms with van der Waals surface area (Å²) in [6, 6.07) is 7.36. The quantitative estimate of drug-likeness (QED) is 0.821. The van der Waals surface area contributed by atoms with Crippen LogP contribution in [0.3, 0.4) is 0 Å². The van der Waals surface area contributed by atoms with Crippen LogP contribution in [0.2, 0.25) is 0 Å². The van der Waals surface area contributed by atoms with Crippen molar-refractivity contribution in [1.29, 1.82) is 0 Å². The van der Waals surface area contributed by atoms with Crippen molar-refractivity contribution in [2.45, 2.75) is 26.9 Å². The Morgan fingerprint density at radius 3 is 2.85 bits per heavy atom. The Kier molecular flexibility index (Phi) is 4.53. The third kappa shape index (κ3) is 3.24. The number of ether oxygens (including phenoxy) is 1. The molecule has 2 rings (SSSR count). The fourth-order valence-corrected chi connectivity index (χ4v) is 1.95. The molecule has 1 heterocycles. The van der Waals surface area contributed by atoms with Gasteiger partial charge in [-0.25, -0.2) is 0 Å². The highest BCUT2D eigenvalue weighted by molar-refractivity contribution is 5.67. The molecule has 2 aromatic rings. The zero-order valence-corrected chi connectivity index (χ0v) is 11.6. The molecule has 5 nitrogen and oxygen atoms in total. The van der Waals surface area contributed by atoms with E-state index in [-0.39, 0.29) is 23.6 Å². The van der Waals surface area contributed by atoms with Crippen molar-refractivity contribution < 1.29 is 9.84 Å². The molecule has 0 saturated carbocycles. The maximum absolute atomic E-state index is 12.1. The normalized spacial score (nSPS) is 10.7. The number of aromatic amines is 1. The molecular weight excluding hydrogens is 256 g/mol. The van der Waals surface area contributed by atoms with Crippen LogP contribution in [-0.4, -0.2) is 21.7 Å². The zero-order chi connectivity index (χ0) is 14.5. The molecule has 0 spiro atoms. The first-order valence-electron chi connectivity index (χ1n) is 6.58. The molecule has 2 N–H and O–H groups in total. The molecule has 0 atom stereocenters. The third-order valence-corrected chi connectivity index (χ3v) is 2.84. The minimum Gasteiger partial charge on any atom is -0.493 e. The number of H-pyrrole nitrogens is 1. The average Bonchev–Trinajstić information content (AvgIpc) is 2.38. The molecule has 1 aromatic carbocycles. The lowest BCUT2D eigenvalue weighted by Crippen LogP contribution is -2.15. The Bertz CT molecular complexity index is 650. The van der Waals surface area contributed by atoms with Crippen LogP contribution in [0.15, 0.2) is 29.1 Å². The number of nitrogens with zero attached hydrogens (tertiary/aromatic N) is 1. The number of aromatic nitrogens is 2. The molecular formula is C15H18N2O3. The maximum Gasteiger partial charge on any atom is 0.262 e. The summed E-state index contributed by atoms with van der Waals surface area (Å²) in [5.41, 5.74) is 1.49. The number of hydrogen-bond donors (Lipinski definition) is 2. The van der Waals surface area contributed by atoms with Gasteiger partial charge in [-0.3, -0.25) is 4.79 Å². The number of benzene rings is 1. The highest BCUT2D eigenvalue weighted by Crippen LogP contribution is 2.23. The SMILES string of the molecule is CCCOCc1nc(O)c(-c2cccc(C)c2)c(=O)[nH]1. The largest absolute Gasteiger partial charge is 0.493 e. The summed E-state index contributed by atoms with van der Waals surface area (Å²) < 4.78 is 5.30. The van der Waals surface area contributed by atoms with E-state index in [1.807, 2.05) is 32.0 Å². The monoisotopic (exact) mass is 274 g/mol. The molecule has 0 aliphatic carbocycles. The minimum absolute atomic E-state index is 0.185. The molecule has 106 valence electrons. The lowest BCUT2D eigenvalue weighted by Gasteiger charge is -2.07. The van der Waals surface area contributed by atoms with E-state index in [9.17, 15) is 9.90 Å². The fraction of sp³-hybridized carbons (Fsp3) is 0.333. The number of hydrogen-bond acceptors (Lipinski definition) is 4. The second-order valence-electron chi connectivity index (χ2n) is 4.63. The average molecular weight is 274 g/mol. The maximum atomic E-state index is 12.1. The van der Waals surface area contributed by atoms with Crippen LogP contribution >= 0.6 is 0 Å². The standard InChI is InChI=1S/C15H18N2O3/c1-3-7-20-9-12-16-14(18)13(15(19)17-12)11-6-4-5-10(2)8-11/h4-6,8H,3,7,9H2,1-2H3,(H2,16,17,18,19). The van der Waals surface area contributed by atoms with E-state index < -0.39 is 0 Å². The van der Waals surface area contributed by atoms with E-state index in [1.54, 1.807) is 6.07 Å². The van der Waals surface area contributed by atoms with E-state index in [1.165, 1.54) is 0 Å². The van der Waals surface area contributed by atoms with Gasteiger partial charge in [-0.15, -0.1) is 0 Å². The summed E-state index contributed by atoms with van der Waals surface area (Å²) in [6.45, 7) is 4.69. The summed E-state index contributed by atoms with van der Waals surface area (Å²) in [5.74, 6) is 0.0619. The van der Waals surface area contributed by atoms with Gasteiger partial charge in [0, 0.05) is 6.61 Å². The summed E-state index contributed by atoms with van der Waals surface area (Å²) in [7, 11) is 0. The Morgan fingerprint density at radius 2 is 2.20 bits per heavy atom. The molecule has 0 bridgehead atoms. The Morgan fingerprint density at radius 1 is 1.40 bits per heavy atom. The van der Waals surface area contributed by atoms with Crippen LogP contribution < -0.4 is 5.56 Å². The van der Waals surface area contributed by atoms with Gasteiger partial charge in [-0.1, -0.05) is 36.8 Å². The molecule has 20 heavy (non-hydrogen) atoms. The highest BCUT2D eigenvalue weighted by atomic mass is 16.5. The lowest BCUT2D eigenvalue weighted by atomic mass is 10.1. The number of aryl methyl sites for hydroxylation is 1. The summed E-state index contributed by atoms with van der Waals surface area (Å²) in [6.07, 6.45) is 0.886.